The summed E-state index contributed by atoms with van der Waals surface area (Å²) in [5.41, 5.74) is -0.218. The molecule has 15 heavy (non-hydrogen) atoms. The number of nitrogens with one attached hydrogen (secondary N) is 1. The second-order valence-electron chi connectivity index (χ2n) is 2.55. The van der Waals surface area contributed by atoms with Crippen molar-refractivity contribution in [2.24, 2.45) is 0 Å². The van der Waals surface area contributed by atoms with E-state index < -0.39 is 18.0 Å². The van der Waals surface area contributed by atoms with E-state index in [9.17, 15) is 18.0 Å². The average molecular weight is 218 g/mol. The van der Waals surface area contributed by atoms with Crippen molar-refractivity contribution in [2.75, 3.05) is 0 Å². The van der Waals surface area contributed by atoms with Crippen LogP contribution in [-0.2, 0) is 0 Å². The Morgan fingerprint density at radius 1 is 1.33 bits per heavy atom. The molecule has 0 spiro atoms. The van der Waals surface area contributed by atoms with Crippen LogP contribution in [0.25, 0.3) is 0 Å². The fourth-order valence-corrected chi connectivity index (χ4v) is 0.963. The quantitative estimate of drug-likeness (QED) is 0.825. The Hall–Kier alpha value is -1.72. The van der Waals surface area contributed by atoms with Gasteiger partial charge in [-0.3, -0.25) is 4.79 Å². The Kier molecular flexibility index (Phi) is 3.18. The van der Waals surface area contributed by atoms with Gasteiger partial charge >= 0.3 is 6.36 Å². The maximum atomic E-state index is 11.9. The number of para-hydroxylation sites is 1. The van der Waals surface area contributed by atoms with E-state index in [-0.39, 0.29) is 5.56 Å². The van der Waals surface area contributed by atoms with Gasteiger partial charge in [-0.25, -0.2) is 0 Å². The predicted molar refractivity (Wildman–Crippen MR) is 45.9 cm³/mol. The van der Waals surface area contributed by atoms with Crippen LogP contribution in [0.4, 0.5) is 13.2 Å². The summed E-state index contributed by atoms with van der Waals surface area (Å²) in [5, 5.41) is 1.97. The second kappa shape index (κ2) is 4.20. The summed E-state index contributed by atoms with van der Waals surface area (Å²) in [6, 6.07) is 5.02. The number of hydrogen-bond acceptors (Lipinski definition) is 2. The fourth-order valence-electron chi connectivity index (χ4n) is 0.963. The van der Waals surface area contributed by atoms with Gasteiger partial charge in [0.15, 0.2) is 0 Å². The molecule has 0 aliphatic heterocycles. The number of amides is 1. The molecule has 0 atom stereocenters. The van der Waals surface area contributed by atoms with Gasteiger partial charge in [-0.2, -0.15) is 0 Å². The minimum Gasteiger partial charge on any atom is -0.405 e. The largest absolute Gasteiger partial charge is 0.573 e. The van der Waals surface area contributed by atoms with Crippen molar-refractivity contribution >= 4 is 5.91 Å². The lowest BCUT2D eigenvalue weighted by molar-refractivity contribution is -0.274. The van der Waals surface area contributed by atoms with Crippen LogP contribution in [0.2, 0.25) is 0 Å². The highest BCUT2D eigenvalue weighted by molar-refractivity contribution is 5.96. The van der Waals surface area contributed by atoms with Crippen LogP contribution >= 0.6 is 0 Å². The van der Waals surface area contributed by atoms with Gasteiger partial charge in [0.05, 0.1) is 5.56 Å². The highest BCUT2D eigenvalue weighted by Crippen LogP contribution is 2.25. The van der Waals surface area contributed by atoms with E-state index in [0.717, 1.165) is 6.07 Å². The Balaban J connectivity index is 3.02. The van der Waals surface area contributed by atoms with Gasteiger partial charge in [-0.1, -0.05) is 12.1 Å². The minimum absolute atomic E-state index is 0.218. The maximum Gasteiger partial charge on any atom is 0.573 e. The molecular formula is C9H7F3NO2. The van der Waals surface area contributed by atoms with E-state index in [2.05, 4.69) is 11.8 Å². The van der Waals surface area contributed by atoms with Crippen molar-refractivity contribution in [3.63, 3.8) is 0 Å². The third-order valence-electron chi connectivity index (χ3n) is 1.52. The predicted octanol–water partition coefficient (Wildman–Crippen LogP) is 2.11. The Morgan fingerprint density at radius 3 is 2.47 bits per heavy atom. The molecule has 0 aromatic heterocycles. The second-order valence-corrected chi connectivity index (χ2v) is 2.55. The lowest BCUT2D eigenvalue weighted by Crippen LogP contribution is -2.22. The molecule has 0 heterocycles. The number of ether oxygens (including phenoxy) is 1. The molecule has 1 N–H and O–H groups in total. The van der Waals surface area contributed by atoms with Crippen LogP contribution in [0, 0.1) is 7.05 Å². The lowest BCUT2D eigenvalue weighted by Gasteiger charge is -2.11. The number of halogens is 3. The number of carbonyl (C=O) groups excluding carboxylic acids is 1. The molecule has 1 amide bonds. The summed E-state index contributed by atoms with van der Waals surface area (Å²) in [6.45, 7) is 0. The van der Waals surface area contributed by atoms with Gasteiger partial charge < -0.3 is 10.1 Å². The molecule has 6 heteroatoms. The number of hydrogen-bond donors (Lipinski definition) is 1. The molecule has 0 saturated carbocycles. The zero-order valence-electron chi connectivity index (χ0n) is 7.47. The van der Waals surface area contributed by atoms with Gasteiger partial charge in [0, 0.05) is 7.05 Å². The summed E-state index contributed by atoms with van der Waals surface area (Å²) in [7, 11) is 3.06. The third kappa shape index (κ3) is 3.16. The molecule has 81 valence electrons. The highest BCUT2D eigenvalue weighted by Gasteiger charge is 2.32. The number of alkyl halides is 3. The molecule has 3 nitrogen and oxygen atoms in total. The summed E-state index contributed by atoms with van der Waals surface area (Å²) in [5.74, 6) is -1.29. The Morgan fingerprint density at radius 2 is 1.93 bits per heavy atom. The van der Waals surface area contributed by atoms with Gasteiger partial charge in [0.25, 0.3) is 5.91 Å². The zero-order valence-corrected chi connectivity index (χ0v) is 7.47. The van der Waals surface area contributed by atoms with E-state index in [4.69, 9.17) is 0 Å². The van der Waals surface area contributed by atoms with E-state index in [0.29, 0.717) is 0 Å². The number of rotatable bonds is 2. The first-order valence-electron chi connectivity index (χ1n) is 3.86. The van der Waals surface area contributed by atoms with Crippen molar-refractivity contribution < 1.29 is 22.7 Å². The lowest BCUT2D eigenvalue weighted by atomic mass is 10.2. The SMILES string of the molecule is [CH2]NC(=O)c1ccccc1OC(F)(F)F. The molecule has 0 bridgehead atoms. The number of carbonyl (C=O) groups is 1. The third-order valence-corrected chi connectivity index (χ3v) is 1.52. The van der Waals surface area contributed by atoms with Gasteiger partial charge in [-0.05, 0) is 12.1 Å². The molecule has 0 aliphatic carbocycles. The Bertz CT molecular complexity index is 363. The normalized spacial score (nSPS) is 10.9. The monoisotopic (exact) mass is 218 g/mol. The van der Waals surface area contributed by atoms with Crippen molar-refractivity contribution in [3.8, 4) is 5.75 Å². The highest BCUT2D eigenvalue weighted by atomic mass is 19.4. The number of benzene rings is 1. The van der Waals surface area contributed by atoms with Crippen molar-refractivity contribution in [3.05, 3.63) is 36.9 Å². The average Bonchev–Trinajstić information content (AvgIpc) is 2.15. The maximum absolute atomic E-state index is 11.9. The molecule has 0 unspecified atom stereocenters. The summed E-state index contributed by atoms with van der Waals surface area (Å²) >= 11 is 0. The first-order chi connectivity index (χ1) is 6.94. The van der Waals surface area contributed by atoms with Crippen LogP contribution in [0.1, 0.15) is 10.4 Å². The summed E-state index contributed by atoms with van der Waals surface area (Å²) < 4.78 is 39.4. The summed E-state index contributed by atoms with van der Waals surface area (Å²) in [6.07, 6.45) is -4.82. The summed E-state index contributed by atoms with van der Waals surface area (Å²) in [4.78, 5) is 11.1. The van der Waals surface area contributed by atoms with Crippen LogP contribution in [0.3, 0.4) is 0 Å². The van der Waals surface area contributed by atoms with Crippen LogP contribution in [0.15, 0.2) is 24.3 Å². The van der Waals surface area contributed by atoms with Crippen LogP contribution < -0.4 is 10.1 Å². The molecule has 0 saturated heterocycles. The van der Waals surface area contributed by atoms with Gasteiger partial charge in [-0.15, -0.1) is 13.2 Å². The van der Waals surface area contributed by atoms with Gasteiger partial charge in [0.1, 0.15) is 5.75 Å². The first kappa shape index (κ1) is 11.4. The minimum atomic E-state index is -4.82. The van der Waals surface area contributed by atoms with Crippen LogP contribution in [0.5, 0.6) is 5.75 Å². The fraction of sp³-hybridized carbons (Fsp3) is 0.111. The molecule has 1 radical (unpaired) electrons. The van der Waals surface area contributed by atoms with E-state index in [1.165, 1.54) is 18.2 Å². The first-order valence-corrected chi connectivity index (χ1v) is 3.86. The smallest absolute Gasteiger partial charge is 0.405 e. The molecule has 0 aliphatic rings. The van der Waals surface area contributed by atoms with Crippen LogP contribution in [-0.4, -0.2) is 12.3 Å². The molecular weight excluding hydrogens is 211 g/mol. The standard InChI is InChI=1S/C9H7F3NO2/c1-13-8(14)6-4-2-3-5-7(6)15-9(10,11)12/h2-5H,1H2,(H,13,14). The molecule has 1 aromatic rings. The van der Waals surface area contributed by atoms with Crippen molar-refractivity contribution in [1.82, 2.24) is 5.32 Å². The van der Waals surface area contributed by atoms with E-state index >= 15 is 0 Å². The van der Waals surface area contributed by atoms with E-state index in [1.54, 1.807) is 0 Å². The van der Waals surface area contributed by atoms with Crippen molar-refractivity contribution in [1.29, 1.82) is 0 Å². The molecule has 0 fully saturated rings. The van der Waals surface area contributed by atoms with E-state index in [1.807, 2.05) is 5.32 Å². The van der Waals surface area contributed by atoms with Crippen molar-refractivity contribution in [2.45, 2.75) is 6.36 Å². The topological polar surface area (TPSA) is 38.3 Å². The van der Waals surface area contributed by atoms with Gasteiger partial charge in [0.2, 0.25) is 0 Å². The Labute approximate surface area is 83.8 Å². The zero-order chi connectivity index (χ0) is 11.5. The molecule has 1 rings (SSSR count). The molecule has 1 aromatic carbocycles.